The Labute approximate surface area is 139 Å². The Hall–Kier alpha value is -3.82. The maximum Gasteiger partial charge on any atom is 0.433 e. The van der Waals surface area contributed by atoms with Crippen molar-refractivity contribution in [2.45, 2.75) is 6.92 Å². The van der Waals surface area contributed by atoms with Crippen LogP contribution < -0.4 is 5.43 Å². The molecule has 10 heteroatoms. The van der Waals surface area contributed by atoms with Crippen molar-refractivity contribution in [1.29, 1.82) is 0 Å². The molecule has 2 N–H and O–H groups in total. The van der Waals surface area contributed by atoms with Crippen LogP contribution in [0.5, 0.6) is 0 Å². The smallest absolute Gasteiger partial charge is 0.400 e. The highest BCUT2D eigenvalue weighted by atomic mass is 16.6. The Morgan fingerprint density at radius 3 is 3.00 bits per heavy atom. The summed E-state index contributed by atoms with van der Waals surface area (Å²) in [6.07, 6.45) is 1.29. The van der Waals surface area contributed by atoms with Gasteiger partial charge in [0.1, 0.15) is 10.4 Å². The van der Waals surface area contributed by atoms with Crippen molar-refractivity contribution in [3.8, 4) is 0 Å². The molecule has 0 saturated carbocycles. The second-order valence-electron chi connectivity index (χ2n) is 5.26. The SMILES string of the molecule is Cc1cccc2c1[nH]c1nc(N/N=C\c3ccc([N+](=O)[O-])o3)nnc12. The van der Waals surface area contributed by atoms with E-state index >= 15 is 0 Å². The van der Waals surface area contributed by atoms with Crippen LogP contribution >= 0.6 is 0 Å². The predicted molar refractivity (Wildman–Crippen MR) is 90.5 cm³/mol. The van der Waals surface area contributed by atoms with Crippen molar-refractivity contribution in [1.82, 2.24) is 20.2 Å². The van der Waals surface area contributed by atoms with E-state index in [-0.39, 0.29) is 17.6 Å². The van der Waals surface area contributed by atoms with E-state index in [1.807, 2.05) is 25.1 Å². The summed E-state index contributed by atoms with van der Waals surface area (Å²) in [6.45, 7) is 2.00. The van der Waals surface area contributed by atoms with E-state index in [1.54, 1.807) is 0 Å². The van der Waals surface area contributed by atoms with Gasteiger partial charge in [-0.3, -0.25) is 10.1 Å². The fourth-order valence-electron chi connectivity index (χ4n) is 2.45. The summed E-state index contributed by atoms with van der Waals surface area (Å²) in [4.78, 5) is 17.5. The second-order valence-corrected chi connectivity index (χ2v) is 5.26. The molecule has 0 atom stereocenters. The van der Waals surface area contributed by atoms with Gasteiger partial charge in [-0.15, -0.1) is 10.2 Å². The number of furan rings is 1. The molecule has 3 heterocycles. The number of aryl methyl sites for hydroxylation is 1. The predicted octanol–water partition coefficient (Wildman–Crippen LogP) is 2.76. The van der Waals surface area contributed by atoms with Crippen LogP contribution in [-0.2, 0) is 0 Å². The van der Waals surface area contributed by atoms with E-state index in [9.17, 15) is 10.1 Å². The second kappa shape index (κ2) is 5.67. The standard InChI is InChI=1S/C15H11N7O3/c1-8-3-2-4-10-12(8)17-14-13(10)19-21-15(18-14)20-16-7-9-5-6-11(25-9)22(23)24/h2-7H,1H3,(H2,17,18,20,21)/b16-7-. The van der Waals surface area contributed by atoms with E-state index < -0.39 is 4.92 Å². The maximum atomic E-state index is 10.6. The topological polar surface area (TPSA) is 135 Å². The van der Waals surface area contributed by atoms with Gasteiger partial charge in [-0.25, -0.2) is 5.43 Å². The third-order valence-corrected chi connectivity index (χ3v) is 3.61. The number of benzene rings is 1. The zero-order valence-corrected chi connectivity index (χ0v) is 12.9. The van der Waals surface area contributed by atoms with E-state index in [0.29, 0.717) is 11.2 Å². The molecule has 0 spiro atoms. The van der Waals surface area contributed by atoms with E-state index in [2.05, 4.69) is 30.7 Å². The lowest BCUT2D eigenvalue weighted by Crippen LogP contribution is -1.98. The van der Waals surface area contributed by atoms with E-state index in [1.165, 1.54) is 18.3 Å². The Kier molecular flexibility index (Phi) is 3.35. The van der Waals surface area contributed by atoms with Crippen LogP contribution in [0.3, 0.4) is 0 Å². The van der Waals surface area contributed by atoms with Crippen LogP contribution in [0.1, 0.15) is 11.3 Å². The molecule has 0 radical (unpaired) electrons. The van der Waals surface area contributed by atoms with Crippen LogP contribution in [0.15, 0.2) is 39.9 Å². The number of nitrogens with one attached hydrogen (secondary N) is 2. The number of fused-ring (bicyclic) bond motifs is 3. The summed E-state index contributed by atoms with van der Waals surface area (Å²) in [6, 6.07) is 8.58. The van der Waals surface area contributed by atoms with Crippen molar-refractivity contribution in [3.05, 3.63) is 51.8 Å². The van der Waals surface area contributed by atoms with Crippen molar-refractivity contribution in [2.24, 2.45) is 5.10 Å². The summed E-state index contributed by atoms with van der Waals surface area (Å²) >= 11 is 0. The van der Waals surface area contributed by atoms with Gasteiger partial charge in [-0.1, -0.05) is 18.2 Å². The first kappa shape index (κ1) is 14.8. The molecule has 10 nitrogen and oxygen atoms in total. The zero-order valence-electron chi connectivity index (χ0n) is 12.9. The molecule has 4 rings (SSSR count). The largest absolute Gasteiger partial charge is 0.433 e. The Morgan fingerprint density at radius 2 is 2.20 bits per heavy atom. The highest BCUT2D eigenvalue weighted by Crippen LogP contribution is 2.24. The van der Waals surface area contributed by atoms with Gasteiger partial charge in [0.15, 0.2) is 11.4 Å². The lowest BCUT2D eigenvalue weighted by Gasteiger charge is -1.96. The number of anilines is 1. The average molecular weight is 337 g/mol. The molecule has 0 aliphatic rings. The third-order valence-electron chi connectivity index (χ3n) is 3.61. The molecule has 124 valence electrons. The summed E-state index contributed by atoms with van der Waals surface area (Å²) in [5.41, 5.74) is 5.93. The van der Waals surface area contributed by atoms with Gasteiger partial charge >= 0.3 is 5.88 Å². The highest BCUT2D eigenvalue weighted by Gasteiger charge is 2.11. The Morgan fingerprint density at radius 1 is 1.32 bits per heavy atom. The lowest BCUT2D eigenvalue weighted by atomic mass is 10.1. The molecule has 0 aliphatic carbocycles. The van der Waals surface area contributed by atoms with E-state index in [0.717, 1.165) is 16.5 Å². The molecule has 25 heavy (non-hydrogen) atoms. The molecule has 3 aromatic heterocycles. The first-order valence-electron chi connectivity index (χ1n) is 7.27. The minimum absolute atomic E-state index is 0.189. The molecule has 0 amide bonds. The van der Waals surface area contributed by atoms with Crippen molar-refractivity contribution >= 4 is 40.1 Å². The number of hydrogen-bond donors (Lipinski definition) is 2. The fourth-order valence-corrected chi connectivity index (χ4v) is 2.45. The molecule has 0 bridgehead atoms. The van der Waals surface area contributed by atoms with Crippen LogP contribution in [-0.4, -0.2) is 31.3 Å². The number of para-hydroxylation sites is 1. The normalized spacial score (nSPS) is 11.6. The van der Waals surface area contributed by atoms with E-state index in [4.69, 9.17) is 4.42 Å². The summed E-state index contributed by atoms with van der Waals surface area (Å²) in [7, 11) is 0. The molecule has 0 saturated heterocycles. The zero-order chi connectivity index (χ0) is 17.4. The third kappa shape index (κ3) is 2.65. The Balaban J connectivity index is 1.59. The Bertz CT molecular complexity index is 1130. The van der Waals surface area contributed by atoms with Crippen molar-refractivity contribution < 1.29 is 9.34 Å². The molecule has 0 fully saturated rings. The number of rotatable bonds is 4. The van der Waals surface area contributed by atoms with Gasteiger partial charge in [0.2, 0.25) is 0 Å². The van der Waals surface area contributed by atoms with Gasteiger partial charge in [0, 0.05) is 5.39 Å². The van der Waals surface area contributed by atoms with Crippen molar-refractivity contribution in [3.63, 3.8) is 0 Å². The van der Waals surface area contributed by atoms with Crippen LogP contribution in [0.2, 0.25) is 0 Å². The quantitative estimate of drug-likeness (QED) is 0.332. The van der Waals surface area contributed by atoms with Gasteiger partial charge in [-0.2, -0.15) is 10.1 Å². The minimum atomic E-state index is -0.621. The first-order chi connectivity index (χ1) is 12.1. The van der Waals surface area contributed by atoms with Crippen LogP contribution in [0, 0.1) is 17.0 Å². The van der Waals surface area contributed by atoms with Gasteiger partial charge < -0.3 is 9.40 Å². The lowest BCUT2D eigenvalue weighted by molar-refractivity contribution is -0.402. The molecule has 4 aromatic rings. The number of nitro groups is 1. The first-order valence-corrected chi connectivity index (χ1v) is 7.27. The number of H-pyrrole nitrogens is 1. The highest BCUT2D eigenvalue weighted by molar-refractivity contribution is 6.04. The summed E-state index contributed by atoms with van der Waals surface area (Å²) < 4.78 is 4.96. The number of nitrogens with zero attached hydrogens (tertiary/aromatic N) is 5. The summed E-state index contributed by atoms with van der Waals surface area (Å²) in [5, 5.41) is 23.5. The minimum Gasteiger partial charge on any atom is -0.400 e. The maximum absolute atomic E-state index is 10.6. The van der Waals surface area contributed by atoms with Crippen LogP contribution in [0.25, 0.3) is 22.1 Å². The molecule has 0 unspecified atom stereocenters. The van der Waals surface area contributed by atoms with Gasteiger partial charge in [-0.05, 0) is 18.6 Å². The number of aromatic nitrogens is 4. The summed E-state index contributed by atoms with van der Waals surface area (Å²) in [5.74, 6) is 0.0673. The monoisotopic (exact) mass is 337 g/mol. The van der Waals surface area contributed by atoms with Gasteiger partial charge in [0.05, 0.1) is 17.8 Å². The number of hydrazone groups is 1. The fraction of sp³-hybridized carbons (Fsp3) is 0.0667. The molecular formula is C15H11N7O3. The number of aromatic amines is 1. The van der Waals surface area contributed by atoms with Gasteiger partial charge in [0.25, 0.3) is 5.95 Å². The molecule has 1 aromatic carbocycles. The van der Waals surface area contributed by atoms with Crippen molar-refractivity contribution in [2.75, 3.05) is 5.43 Å². The number of hydrogen-bond acceptors (Lipinski definition) is 8. The average Bonchev–Trinajstić information content (AvgIpc) is 3.20. The molecule has 0 aliphatic heterocycles. The van der Waals surface area contributed by atoms with Crippen LogP contribution in [0.4, 0.5) is 11.8 Å². The molecular weight excluding hydrogens is 326 g/mol.